The summed E-state index contributed by atoms with van der Waals surface area (Å²) in [5.74, 6) is -0.420. The summed E-state index contributed by atoms with van der Waals surface area (Å²) in [4.78, 5) is 27.9. The number of nitro groups is 1. The highest BCUT2D eigenvalue weighted by molar-refractivity contribution is 5.94. The zero-order valence-electron chi connectivity index (χ0n) is 17.9. The molecule has 0 aliphatic heterocycles. The van der Waals surface area contributed by atoms with Crippen LogP contribution in [0.3, 0.4) is 0 Å². The zero-order chi connectivity index (χ0) is 23.3. The van der Waals surface area contributed by atoms with Crippen LogP contribution in [0.2, 0.25) is 0 Å². The summed E-state index contributed by atoms with van der Waals surface area (Å²) in [6.45, 7) is 4.03. The van der Waals surface area contributed by atoms with Crippen molar-refractivity contribution in [2.45, 2.75) is 39.2 Å². The molecule has 9 heteroatoms. The van der Waals surface area contributed by atoms with Gasteiger partial charge in [0.05, 0.1) is 23.0 Å². The number of aromatic nitrogens is 1. The Balaban J connectivity index is 2.21. The predicted molar refractivity (Wildman–Crippen MR) is 119 cm³/mol. The second-order valence-electron chi connectivity index (χ2n) is 7.25. The van der Waals surface area contributed by atoms with Gasteiger partial charge in [-0.05, 0) is 43.2 Å². The van der Waals surface area contributed by atoms with Crippen LogP contribution in [0.15, 0.2) is 42.6 Å². The van der Waals surface area contributed by atoms with Crippen molar-refractivity contribution in [2.24, 2.45) is 0 Å². The quantitative estimate of drug-likeness (QED) is 0.333. The van der Waals surface area contributed by atoms with Gasteiger partial charge in [0.25, 0.3) is 5.69 Å². The van der Waals surface area contributed by atoms with Crippen LogP contribution in [-0.4, -0.2) is 32.6 Å². The molecule has 168 valence electrons. The number of nitrogens with one attached hydrogen (secondary N) is 1. The first kappa shape index (κ1) is 22.8. The topological polar surface area (TPSA) is 135 Å². The van der Waals surface area contributed by atoms with E-state index in [1.54, 1.807) is 19.1 Å². The van der Waals surface area contributed by atoms with Gasteiger partial charge in [-0.3, -0.25) is 19.9 Å². The predicted octanol–water partition coefficient (Wildman–Crippen LogP) is 4.35. The first-order valence-corrected chi connectivity index (χ1v) is 10.4. The molecule has 1 unspecified atom stereocenters. The van der Waals surface area contributed by atoms with E-state index in [2.05, 4.69) is 10.3 Å². The molecule has 32 heavy (non-hydrogen) atoms. The number of carbonyl (C=O) groups excluding carboxylic acids is 1. The number of unbranched alkanes of at least 4 members (excludes halogenated alkanes) is 1. The number of carbonyl (C=O) groups is 1. The third-order valence-corrected chi connectivity index (χ3v) is 5.06. The second-order valence-corrected chi connectivity index (χ2v) is 7.25. The van der Waals surface area contributed by atoms with Gasteiger partial charge in [-0.1, -0.05) is 19.4 Å². The number of fused-ring (bicyclic) bond motifs is 1. The number of aromatic hydroxyl groups is 2. The highest BCUT2D eigenvalue weighted by atomic mass is 16.6. The fraction of sp³-hybridized carbons (Fsp3) is 0.304. The minimum Gasteiger partial charge on any atom is -0.505 e. The first-order chi connectivity index (χ1) is 15.4. The van der Waals surface area contributed by atoms with Gasteiger partial charge in [0.15, 0.2) is 11.5 Å². The average Bonchev–Trinajstić information content (AvgIpc) is 2.78. The second kappa shape index (κ2) is 9.95. The summed E-state index contributed by atoms with van der Waals surface area (Å²) in [7, 11) is 0. The van der Waals surface area contributed by atoms with E-state index in [1.807, 2.05) is 6.92 Å². The molecule has 1 amide bonds. The number of benzene rings is 2. The summed E-state index contributed by atoms with van der Waals surface area (Å²) in [6.07, 6.45) is 3.18. The molecule has 0 spiro atoms. The van der Waals surface area contributed by atoms with Gasteiger partial charge in [0.2, 0.25) is 5.91 Å². The fourth-order valence-electron chi connectivity index (χ4n) is 3.49. The van der Waals surface area contributed by atoms with Crippen LogP contribution >= 0.6 is 0 Å². The third kappa shape index (κ3) is 4.72. The van der Waals surface area contributed by atoms with Crippen molar-refractivity contribution < 1.29 is 24.7 Å². The molecular formula is C23H25N3O6. The summed E-state index contributed by atoms with van der Waals surface area (Å²) in [5.41, 5.74) is 0.433. The number of phenolic OH excluding ortho intramolecular Hbond substituents is 2. The lowest BCUT2D eigenvalue weighted by Crippen LogP contribution is -2.29. The van der Waals surface area contributed by atoms with Gasteiger partial charge >= 0.3 is 0 Å². The molecule has 9 nitrogen and oxygen atoms in total. The Morgan fingerprint density at radius 1 is 1.25 bits per heavy atom. The molecule has 0 saturated heterocycles. The van der Waals surface area contributed by atoms with Gasteiger partial charge < -0.3 is 20.3 Å². The maximum absolute atomic E-state index is 12.6. The minimum atomic E-state index is -0.927. The monoisotopic (exact) mass is 439 g/mol. The van der Waals surface area contributed by atoms with Crippen LogP contribution < -0.4 is 10.1 Å². The minimum absolute atomic E-state index is 0.0633. The molecule has 0 saturated carbocycles. The van der Waals surface area contributed by atoms with Gasteiger partial charge in [0, 0.05) is 24.2 Å². The van der Waals surface area contributed by atoms with Gasteiger partial charge in [-0.15, -0.1) is 0 Å². The molecule has 1 aromatic heterocycles. The Morgan fingerprint density at radius 3 is 2.72 bits per heavy atom. The molecule has 0 bridgehead atoms. The third-order valence-electron chi connectivity index (χ3n) is 5.06. The molecule has 3 N–H and O–H groups in total. The van der Waals surface area contributed by atoms with Crippen molar-refractivity contribution in [1.82, 2.24) is 10.3 Å². The summed E-state index contributed by atoms with van der Waals surface area (Å²) in [5, 5.41) is 35.8. The largest absolute Gasteiger partial charge is 0.505 e. The first-order valence-electron chi connectivity index (χ1n) is 10.4. The lowest BCUT2D eigenvalue weighted by Gasteiger charge is -2.22. The maximum atomic E-state index is 12.6. The molecule has 3 rings (SSSR count). The lowest BCUT2D eigenvalue weighted by atomic mass is 9.94. The van der Waals surface area contributed by atoms with E-state index < -0.39 is 11.0 Å². The molecule has 3 aromatic rings. The van der Waals surface area contributed by atoms with Crippen molar-refractivity contribution in [1.29, 1.82) is 0 Å². The maximum Gasteiger partial charge on any atom is 0.279 e. The van der Waals surface area contributed by atoms with Crippen LogP contribution in [0.5, 0.6) is 17.2 Å². The van der Waals surface area contributed by atoms with E-state index in [0.29, 0.717) is 18.6 Å². The highest BCUT2D eigenvalue weighted by Gasteiger charge is 2.27. The zero-order valence-corrected chi connectivity index (χ0v) is 17.9. The number of phenols is 2. The van der Waals surface area contributed by atoms with Crippen molar-refractivity contribution in [3.05, 3.63) is 63.8 Å². The van der Waals surface area contributed by atoms with Crippen LogP contribution in [0, 0.1) is 10.1 Å². The van der Waals surface area contributed by atoms with E-state index in [-0.39, 0.29) is 51.7 Å². The van der Waals surface area contributed by atoms with Crippen molar-refractivity contribution in [2.75, 3.05) is 6.61 Å². The number of nitrogens with zero attached hydrogens (tertiary/aromatic N) is 2. The Kier molecular flexibility index (Phi) is 7.09. The molecule has 0 aliphatic rings. The molecule has 1 atom stereocenters. The summed E-state index contributed by atoms with van der Waals surface area (Å²) < 4.78 is 5.45. The normalized spacial score (nSPS) is 11.8. The Hall–Kier alpha value is -3.88. The van der Waals surface area contributed by atoms with Crippen molar-refractivity contribution in [3.63, 3.8) is 0 Å². The molecule has 1 heterocycles. The SMILES string of the molecule is CCCCC(=O)NC(c1ccc(O)c(OCC)c1)c1cc([N+](=O)[O-])c2cccnc2c1O. The average molecular weight is 439 g/mol. The number of non-ortho nitro benzene ring substituents is 1. The number of hydrogen-bond donors (Lipinski definition) is 3. The van der Waals surface area contributed by atoms with E-state index in [4.69, 9.17) is 4.74 Å². The lowest BCUT2D eigenvalue weighted by molar-refractivity contribution is -0.383. The molecule has 0 aliphatic carbocycles. The van der Waals surface area contributed by atoms with Gasteiger partial charge in [0.1, 0.15) is 11.3 Å². The number of hydrogen-bond acceptors (Lipinski definition) is 7. The molecule has 2 aromatic carbocycles. The standard InChI is InChI=1S/C23H25N3O6/c1-3-5-8-20(28)25-21(14-9-10-18(27)19(12-14)32-4-2)16-13-17(26(30)31)15-7-6-11-24-22(15)23(16)29/h6-7,9-13,21,27,29H,3-5,8H2,1-2H3,(H,25,28). The fourth-order valence-corrected chi connectivity index (χ4v) is 3.49. The number of pyridine rings is 1. The Bertz CT molecular complexity index is 1150. The molecule has 0 radical (unpaired) electrons. The van der Waals surface area contributed by atoms with Crippen LogP contribution in [0.25, 0.3) is 10.9 Å². The number of rotatable bonds is 9. The van der Waals surface area contributed by atoms with E-state index in [9.17, 15) is 25.1 Å². The van der Waals surface area contributed by atoms with E-state index >= 15 is 0 Å². The van der Waals surface area contributed by atoms with Crippen LogP contribution in [0.4, 0.5) is 5.69 Å². The molecular weight excluding hydrogens is 414 g/mol. The van der Waals surface area contributed by atoms with Gasteiger partial charge in [-0.25, -0.2) is 0 Å². The van der Waals surface area contributed by atoms with E-state index in [0.717, 1.165) is 6.42 Å². The van der Waals surface area contributed by atoms with Crippen molar-refractivity contribution in [3.8, 4) is 17.2 Å². The summed E-state index contributed by atoms with van der Waals surface area (Å²) >= 11 is 0. The van der Waals surface area contributed by atoms with Crippen molar-refractivity contribution >= 4 is 22.5 Å². The number of nitro benzene ring substituents is 1. The Labute approximate surface area is 184 Å². The summed E-state index contributed by atoms with van der Waals surface area (Å²) in [6, 6.07) is 7.89. The number of ether oxygens (including phenoxy) is 1. The van der Waals surface area contributed by atoms with Gasteiger partial charge in [-0.2, -0.15) is 0 Å². The van der Waals surface area contributed by atoms with Crippen LogP contribution in [-0.2, 0) is 4.79 Å². The molecule has 0 fully saturated rings. The Morgan fingerprint density at radius 2 is 2.03 bits per heavy atom. The van der Waals surface area contributed by atoms with Crippen LogP contribution in [0.1, 0.15) is 50.3 Å². The van der Waals surface area contributed by atoms with E-state index in [1.165, 1.54) is 30.5 Å². The number of amides is 1. The smallest absolute Gasteiger partial charge is 0.279 e. The highest BCUT2D eigenvalue weighted by Crippen LogP contribution is 2.41.